The average molecular weight is 260 g/mol. The van der Waals surface area contributed by atoms with Gasteiger partial charge in [-0.3, -0.25) is 9.47 Å². The van der Waals surface area contributed by atoms with Crippen molar-refractivity contribution < 1.29 is 0 Å². The zero-order valence-corrected chi connectivity index (χ0v) is 11.5. The Morgan fingerprint density at radius 1 is 1.37 bits per heavy atom. The molecule has 0 saturated carbocycles. The van der Waals surface area contributed by atoms with Crippen molar-refractivity contribution in [2.24, 2.45) is 0 Å². The zero-order chi connectivity index (χ0) is 13.4. The molecule has 3 heterocycles. The number of pyridine rings is 1. The molecule has 0 amide bonds. The van der Waals surface area contributed by atoms with Gasteiger partial charge in [0.15, 0.2) is 5.65 Å². The van der Waals surface area contributed by atoms with Gasteiger partial charge in [-0.2, -0.15) is 0 Å². The van der Waals surface area contributed by atoms with Crippen molar-refractivity contribution in [2.75, 3.05) is 39.5 Å². The van der Waals surface area contributed by atoms with Gasteiger partial charge in [0, 0.05) is 38.4 Å². The van der Waals surface area contributed by atoms with Crippen LogP contribution in [0, 0.1) is 0 Å². The monoisotopic (exact) mass is 260 g/mol. The first-order valence-electron chi connectivity index (χ1n) is 6.60. The number of nitrogens with two attached hydrogens (primary N) is 1. The van der Waals surface area contributed by atoms with E-state index in [0.717, 1.165) is 37.3 Å². The van der Waals surface area contributed by atoms with Crippen LogP contribution >= 0.6 is 0 Å². The predicted molar refractivity (Wildman–Crippen MR) is 75.9 cm³/mol. The molecule has 102 valence electrons. The van der Waals surface area contributed by atoms with Crippen molar-refractivity contribution in [1.82, 2.24) is 24.3 Å². The molecule has 0 bridgehead atoms. The zero-order valence-electron chi connectivity index (χ0n) is 11.5. The van der Waals surface area contributed by atoms with Crippen molar-refractivity contribution in [3.63, 3.8) is 0 Å². The van der Waals surface area contributed by atoms with Gasteiger partial charge in [-0.25, -0.2) is 9.97 Å². The molecule has 1 aliphatic heterocycles. The highest BCUT2D eigenvalue weighted by molar-refractivity contribution is 5.73. The minimum absolute atomic E-state index is 0.445. The maximum Gasteiger partial charge on any atom is 0.202 e. The molecule has 3 rings (SSSR count). The number of rotatable bonds is 2. The van der Waals surface area contributed by atoms with E-state index in [9.17, 15) is 0 Å². The molecule has 19 heavy (non-hydrogen) atoms. The standard InChI is InChI=1S/C13H20N6/c1-17-6-7-18(2)10(8-17)9-19-12-11(16-13(19)14)4-3-5-15-12/h3-5,10H,6-9H2,1-2H3,(H2,14,16). The summed E-state index contributed by atoms with van der Waals surface area (Å²) in [6.07, 6.45) is 1.79. The predicted octanol–water partition coefficient (Wildman–Crippen LogP) is 0.259. The summed E-state index contributed by atoms with van der Waals surface area (Å²) in [5, 5.41) is 0. The first-order valence-corrected chi connectivity index (χ1v) is 6.60. The van der Waals surface area contributed by atoms with Crippen LogP contribution in [0.3, 0.4) is 0 Å². The highest BCUT2D eigenvalue weighted by atomic mass is 15.3. The number of likely N-dealkylation sites (N-methyl/N-ethyl adjacent to an activating group) is 2. The van der Waals surface area contributed by atoms with E-state index in [1.807, 2.05) is 16.7 Å². The average Bonchev–Trinajstić information content (AvgIpc) is 2.71. The summed E-state index contributed by atoms with van der Waals surface area (Å²) in [6, 6.07) is 4.28. The lowest BCUT2D eigenvalue weighted by Crippen LogP contribution is -2.51. The number of imidazole rings is 1. The number of fused-ring (bicyclic) bond motifs is 1. The van der Waals surface area contributed by atoms with Crippen molar-refractivity contribution in [3.8, 4) is 0 Å². The first-order chi connectivity index (χ1) is 9.15. The number of piperazine rings is 1. The molecule has 6 heteroatoms. The summed E-state index contributed by atoms with van der Waals surface area (Å²) in [7, 11) is 4.33. The second kappa shape index (κ2) is 4.79. The lowest BCUT2D eigenvalue weighted by molar-refractivity contribution is 0.104. The van der Waals surface area contributed by atoms with Crippen LogP contribution in [0.4, 0.5) is 5.95 Å². The van der Waals surface area contributed by atoms with Crippen LogP contribution < -0.4 is 5.73 Å². The highest BCUT2D eigenvalue weighted by Crippen LogP contribution is 2.17. The van der Waals surface area contributed by atoms with Crippen LogP contribution in [-0.4, -0.2) is 64.1 Å². The van der Waals surface area contributed by atoms with E-state index >= 15 is 0 Å². The minimum atomic E-state index is 0.445. The lowest BCUT2D eigenvalue weighted by atomic mass is 10.2. The van der Waals surface area contributed by atoms with Crippen molar-refractivity contribution >= 4 is 17.1 Å². The van der Waals surface area contributed by atoms with E-state index in [4.69, 9.17) is 5.73 Å². The number of hydrogen-bond donors (Lipinski definition) is 1. The van der Waals surface area contributed by atoms with Gasteiger partial charge in [0.05, 0.1) is 0 Å². The van der Waals surface area contributed by atoms with Gasteiger partial charge >= 0.3 is 0 Å². The summed E-state index contributed by atoms with van der Waals surface area (Å²) in [5.41, 5.74) is 7.77. The van der Waals surface area contributed by atoms with Gasteiger partial charge in [0.1, 0.15) is 5.52 Å². The topological polar surface area (TPSA) is 63.2 Å². The smallest absolute Gasteiger partial charge is 0.202 e. The number of nitrogens with zero attached hydrogens (tertiary/aromatic N) is 5. The highest BCUT2D eigenvalue weighted by Gasteiger charge is 2.24. The second-order valence-electron chi connectivity index (χ2n) is 5.32. The first kappa shape index (κ1) is 12.4. The Morgan fingerprint density at radius 2 is 2.21 bits per heavy atom. The van der Waals surface area contributed by atoms with E-state index in [1.54, 1.807) is 6.20 Å². The third-order valence-corrected chi connectivity index (χ3v) is 3.91. The van der Waals surface area contributed by atoms with Crippen molar-refractivity contribution in [1.29, 1.82) is 0 Å². The Balaban J connectivity index is 1.90. The van der Waals surface area contributed by atoms with Gasteiger partial charge in [-0.05, 0) is 26.2 Å². The molecule has 0 radical (unpaired) electrons. The molecule has 0 aromatic carbocycles. The quantitative estimate of drug-likeness (QED) is 0.839. The molecule has 1 saturated heterocycles. The SMILES string of the molecule is CN1CCN(C)C(Cn2c(N)nc3cccnc32)C1. The van der Waals surface area contributed by atoms with Crippen LogP contribution in [-0.2, 0) is 6.54 Å². The van der Waals surface area contributed by atoms with Crippen LogP contribution in [0.5, 0.6) is 0 Å². The summed E-state index contributed by atoms with van der Waals surface area (Å²) in [6.45, 7) is 4.08. The van der Waals surface area contributed by atoms with Crippen molar-refractivity contribution in [3.05, 3.63) is 18.3 Å². The van der Waals surface area contributed by atoms with E-state index in [1.165, 1.54) is 0 Å². The largest absolute Gasteiger partial charge is 0.369 e. The van der Waals surface area contributed by atoms with Gasteiger partial charge in [0.2, 0.25) is 5.95 Å². The fraction of sp³-hybridized carbons (Fsp3) is 0.538. The summed E-state index contributed by atoms with van der Waals surface area (Å²) in [5.74, 6) is 0.551. The molecule has 1 unspecified atom stereocenters. The summed E-state index contributed by atoms with van der Waals surface area (Å²) < 4.78 is 2.02. The molecule has 6 nitrogen and oxygen atoms in total. The van der Waals surface area contributed by atoms with Gasteiger partial charge in [-0.15, -0.1) is 0 Å². The normalized spacial score (nSPS) is 22.1. The Labute approximate surface area is 112 Å². The molecule has 2 N–H and O–H groups in total. The van der Waals surface area contributed by atoms with Crippen LogP contribution in [0.15, 0.2) is 18.3 Å². The van der Waals surface area contributed by atoms with E-state index in [-0.39, 0.29) is 0 Å². The maximum atomic E-state index is 6.03. The Hall–Kier alpha value is -1.66. The number of aromatic nitrogens is 3. The third-order valence-electron chi connectivity index (χ3n) is 3.91. The Kier molecular flexibility index (Phi) is 3.12. The Morgan fingerprint density at radius 3 is 3.05 bits per heavy atom. The molecule has 0 spiro atoms. The second-order valence-corrected chi connectivity index (χ2v) is 5.32. The van der Waals surface area contributed by atoms with Crippen molar-refractivity contribution in [2.45, 2.75) is 12.6 Å². The summed E-state index contributed by atoms with van der Waals surface area (Å²) >= 11 is 0. The van der Waals surface area contributed by atoms with Crippen LogP contribution in [0.1, 0.15) is 0 Å². The molecular weight excluding hydrogens is 240 g/mol. The van der Waals surface area contributed by atoms with Gasteiger partial charge in [0.25, 0.3) is 0 Å². The van der Waals surface area contributed by atoms with Gasteiger partial charge in [-0.1, -0.05) is 0 Å². The van der Waals surface area contributed by atoms with E-state index in [2.05, 4.69) is 33.9 Å². The maximum absolute atomic E-state index is 6.03. The minimum Gasteiger partial charge on any atom is -0.369 e. The number of hydrogen-bond acceptors (Lipinski definition) is 5. The molecule has 2 aromatic heterocycles. The molecule has 1 aliphatic rings. The molecule has 1 fully saturated rings. The molecule has 1 atom stereocenters. The molecule has 2 aromatic rings. The number of anilines is 1. The molecule has 0 aliphatic carbocycles. The lowest BCUT2D eigenvalue weighted by Gasteiger charge is -2.37. The molecular formula is C13H20N6. The van der Waals surface area contributed by atoms with E-state index in [0.29, 0.717) is 12.0 Å². The fourth-order valence-electron chi connectivity index (χ4n) is 2.67. The van der Waals surface area contributed by atoms with Gasteiger partial charge < -0.3 is 10.6 Å². The van der Waals surface area contributed by atoms with Crippen LogP contribution in [0.2, 0.25) is 0 Å². The van der Waals surface area contributed by atoms with E-state index < -0.39 is 0 Å². The number of nitrogen functional groups attached to an aromatic ring is 1. The fourth-order valence-corrected chi connectivity index (χ4v) is 2.67. The summed E-state index contributed by atoms with van der Waals surface area (Å²) in [4.78, 5) is 13.5. The third kappa shape index (κ3) is 2.29. The van der Waals surface area contributed by atoms with Crippen LogP contribution in [0.25, 0.3) is 11.2 Å². The Bertz CT molecular complexity index is 578.